The maximum absolute atomic E-state index is 2.77. The van der Waals surface area contributed by atoms with Gasteiger partial charge < -0.3 is 0 Å². The molecule has 0 nitrogen and oxygen atoms in total. The molecule has 4 rings (SSSR count). The average Bonchev–Trinajstić information content (AvgIpc) is 3.10. The lowest BCUT2D eigenvalue weighted by Gasteiger charge is -2.58. The minimum atomic E-state index is 0.519. The molecular formula is C32H54. The summed E-state index contributed by atoms with van der Waals surface area (Å²) in [7, 11) is 0. The predicted octanol–water partition coefficient (Wildman–Crippen LogP) is 9.71. The summed E-state index contributed by atoms with van der Waals surface area (Å²) in [6.45, 7) is 20.0. The first-order valence-corrected chi connectivity index (χ1v) is 14.5. The number of fused-ring (bicyclic) bond motifs is 5. The van der Waals surface area contributed by atoms with E-state index >= 15 is 0 Å². The highest BCUT2D eigenvalue weighted by molar-refractivity contribution is 5.25. The van der Waals surface area contributed by atoms with Crippen molar-refractivity contribution in [2.24, 2.45) is 64.1 Å². The van der Waals surface area contributed by atoms with Gasteiger partial charge in [-0.15, -0.1) is 0 Å². The third-order valence-corrected chi connectivity index (χ3v) is 11.8. The normalized spacial score (nSPS) is 43.7. The van der Waals surface area contributed by atoms with Gasteiger partial charge in [-0.1, -0.05) is 79.2 Å². The van der Waals surface area contributed by atoms with Gasteiger partial charge in [0.1, 0.15) is 0 Å². The third-order valence-electron chi connectivity index (χ3n) is 11.8. The molecule has 0 aliphatic heterocycles. The summed E-state index contributed by atoms with van der Waals surface area (Å²) in [5, 5.41) is 0. The van der Waals surface area contributed by atoms with Gasteiger partial charge in [-0.3, -0.25) is 0 Å². The SMILES string of the molecule is CC[C@H](/C=C/[C@@H](C)[C@H]1CC[C@H]2[C@@H]3CC=C4C[C@@H](C(C)C)CC[C@]4(C)[C@H]3CC[C@]12C)C(C)C. The fraction of sp³-hybridized carbons (Fsp3) is 0.875. The zero-order chi connectivity index (χ0) is 23.3. The predicted molar refractivity (Wildman–Crippen MR) is 140 cm³/mol. The Kier molecular flexibility index (Phi) is 7.12. The molecule has 182 valence electrons. The van der Waals surface area contributed by atoms with Gasteiger partial charge in [-0.05, 0) is 122 Å². The Morgan fingerprint density at radius 3 is 2.34 bits per heavy atom. The van der Waals surface area contributed by atoms with E-state index in [0.717, 1.165) is 53.3 Å². The van der Waals surface area contributed by atoms with Crippen LogP contribution < -0.4 is 0 Å². The molecule has 0 spiro atoms. The van der Waals surface area contributed by atoms with E-state index in [0.29, 0.717) is 10.8 Å². The molecule has 3 fully saturated rings. The molecule has 0 heterocycles. The lowest BCUT2D eigenvalue weighted by molar-refractivity contribution is -0.0503. The largest absolute Gasteiger partial charge is 0.0851 e. The van der Waals surface area contributed by atoms with Gasteiger partial charge >= 0.3 is 0 Å². The number of hydrogen-bond acceptors (Lipinski definition) is 0. The van der Waals surface area contributed by atoms with Crippen LogP contribution in [0.25, 0.3) is 0 Å². The molecule has 32 heavy (non-hydrogen) atoms. The quantitative estimate of drug-likeness (QED) is 0.362. The summed E-state index contributed by atoms with van der Waals surface area (Å²) in [6.07, 6.45) is 20.9. The Morgan fingerprint density at radius 1 is 0.938 bits per heavy atom. The Bertz CT molecular complexity index is 710. The van der Waals surface area contributed by atoms with Crippen LogP contribution in [0.1, 0.15) is 113 Å². The first-order valence-electron chi connectivity index (χ1n) is 14.5. The van der Waals surface area contributed by atoms with Gasteiger partial charge in [0, 0.05) is 0 Å². The number of allylic oxidation sites excluding steroid dienone is 4. The molecule has 0 aromatic carbocycles. The monoisotopic (exact) mass is 438 g/mol. The van der Waals surface area contributed by atoms with E-state index in [-0.39, 0.29) is 0 Å². The number of rotatable bonds is 6. The van der Waals surface area contributed by atoms with E-state index in [1.165, 1.54) is 57.8 Å². The Labute approximate surface area is 201 Å². The smallest absolute Gasteiger partial charge is 0.00851 e. The number of hydrogen-bond donors (Lipinski definition) is 0. The van der Waals surface area contributed by atoms with E-state index in [9.17, 15) is 0 Å². The van der Waals surface area contributed by atoms with Crippen LogP contribution in [0.5, 0.6) is 0 Å². The highest BCUT2D eigenvalue weighted by atomic mass is 14.6. The standard InChI is InChI=1S/C32H54/c1-9-24(21(2)3)11-10-23(6)28-14-15-29-27-13-12-26-20-25(22(4)5)16-18-31(26,7)30(27)17-19-32(28,29)8/h10-12,21-25,27-30H,9,13-20H2,1-8H3/b11-10+/t23-,24-,25+,27+,28-,29+,30+,31+,32-/m1/s1. The summed E-state index contributed by atoms with van der Waals surface area (Å²) in [5.74, 6) is 7.81. The molecule has 0 saturated heterocycles. The Morgan fingerprint density at radius 2 is 1.69 bits per heavy atom. The van der Waals surface area contributed by atoms with Crippen molar-refractivity contribution in [2.75, 3.05) is 0 Å². The minimum absolute atomic E-state index is 0.519. The summed E-state index contributed by atoms with van der Waals surface area (Å²) in [5.41, 5.74) is 2.96. The summed E-state index contributed by atoms with van der Waals surface area (Å²) in [6, 6.07) is 0. The highest BCUT2D eigenvalue weighted by Gasteiger charge is 2.59. The zero-order valence-electron chi connectivity index (χ0n) is 22.8. The van der Waals surface area contributed by atoms with Gasteiger partial charge in [0.25, 0.3) is 0 Å². The topological polar surface area (TPSA) is 0 Å². The average molecular weight is 439 g/mol. The van der Waals surface area contributed by atoms with Gasteiger partial charge in [0.15, 0.2) is 0 Å². The van der Waals surface area contributed by atoms with Crippen LogP contribution in [-0.4, -0.2) is 0 Å². The van der Waals surface area contributed by atoms with Crippen LogP contribution in [0.4, 0.5) is 0 Å². The van der Waals surface area contributed by atoms with Gasteiger partial charge in [-0.2, -0.15) is 0 Å². The van der Waals surface area contributed by atoms with Crippen molar-refractivity contribution in [3.05, 3.63) is 23.8 Å². The summed E-state index contributed by atoms with van der Waals surface area (Å²) in [4.78, 5) is 0. The maximum atomic E-state index is 2.77. The second-order valence-electron chi connectivity index (χ2n) is 13.8. The summed E-state index contributed by atoms with van der Waals surface area (Å²) < 4.78 is 0. The molecule has 0 aromatic heterocycles. The molecule has 0 N–H and O–H groups in total. The lowest BCUT2D eigenvalue weighted by Crippen LogP contribution is -2.50. The van der Waals surface area contributed by atoms with Crippen LogP contribution in [-0.2, 0) is 0 Å². The van der Waals surface area contributed by atoms with Crippen LogP contribution >= 0.6 is 0 Å². The van der Waals surface area contributed by atoms with E-state index in [1.807, 2.05) is 5.57 Å². The van der Waals surface area contributed by atoms with Crippen LogP contribution in [0.15, 0.2) is 23.8 Å². The van der Waals surface area contributed by atoms with Crippen molar-refractivity contribution in [1.82, 2.24) is 0 Å². The fourth-order valence-corrected chi connectivity index (χ4v) is 9.44. The molecule has 9 atom stereocenters. The second kappa shape index (κ2) is 9.26. The van der Waals surface area contributed by atoms with E-state index in [4.69, 9.17) is 0 Å². The Balaban J connectivity index is 1.51. The maximum Gasteiger partial charge on any atom is -0.00851 e. The van der Waals surface area contributed by atoms with Crippen molar-refractivity contribution in [2.45, 2.75) is 113 Å². The van der Waals surface area contributed by atoms with Crippen LogP contribution in [0.2, 0.25) is 0 Å². The second-order valence-corrected chi connectivity index (χ2v) is 13.8. The molecule has 3 saturated carbocycles. The van der Waals surface area contributed by atoms with Gasteiger partial charge in [0.2, 0.25) is 0 Å². The van der Waals surface area contributed by atoms with Crippen molar-refractivity contribution in [3.8, 4) is 0 Å². The molecule has 0 unspecified atom stereocenters. The third kappa shape index (κ3) is 4.09. The molecule has 0 bridgehead atoms. The molecule has 0 amide bonds. The Hall–Kier alpha value is -0.520. The van der Waals surface area contributed by atoms with E-state index in [2.05, 4.69) is 73.6 Å². The minimum Gasteiger partial charge on any atom is -0.0851 e. The molecule has 0 aromatic rings. The van der Waals surface area contributed by atoms with Crippen LogP contribution in [0.3, 0.4) is 0 Å². The molecule has 4 aliphatic carbocycles. The molecule has 0 heteroatoms. The fourth-order valence-electron chi connectivity index (χ4n) is 9.44. The van der Waals surface area contributed by atoms with Crippen molar-refractivity contribution in [3.63, 3.8) is 0 Å². The highest BCUT2D eigenvalue weighted by Crippen LogP contribution is 2.67. The zero-order valence-corrected chi connectivity index (χ0v) is 22.8. The lowest BCUT2D eigenvalue weighted by atomic mass is 9.46. The van der Waals surface area contributed by atoms with E-state index < -0.39 is 0 Å². The first kappa shape index (κ1) is 24.6. The first-order chi connectivity index (χ1) is 15.1. The summed E-state index contributed by atoms with van der Waals surface area (Å²) >= 11 is 0. The van der Waals surface area contributed by atoms with Crippen molar-refractivity contribution < 1.29 is 0 Å². The molecule has 4 aliphatic rings. The van der Waals surface area contributed by atoms with E-state index in [1.54, 1.807) is 0 Å². The molecular weight excluding hydrogens is 384 g/mol. The van der Waals surface area contributed by atoms with Crippen LogP contribution in [0, 0.1) is 64.1 Å². The van der Waals surface area contributed by atoms with Crippen molar-refractivity contribution in [1.29, 1.82) is 0 Å². The van der Waals surface area contributed by atoms with Crippen molar-refractivity contribution >= 4 is 0 Å². The van der Waals surface area contributed by atoms with Gasteiger partial charge in [0.05, 0.1) is 0 Å². The molecule has 0 radical (unpaired) electrons. The van der Waals surface area contributed by atoms with Gasteiger partial charge in [-0.25, -0.2) is 0 Å².